The van der Waals surface area contributed by atoms with Crippen molar-refractivity contribution >= 4 is 5.91 Å². The van der Waals surface area contributed by atoms with Gasteiger partial charge in [-0.2, -0.15) is 0 Å². The number of likely N-dealkylation sites (N-methyl/N-ethyl adjacent to an activating group) is 1. The Morgan fingerprint density at radius 1 is 1.08 bits per heavy atom. The number of aromatic hydroxyl groups is 1. The van der Waals surface area contributed by atoms with Crippen molar-refractivity contribution < 1.29 is 23.8 Å². The van der Waals surface area contributed by atoms with Crippen molar-refractivity contribution in [2.24, 2.45) is 0 Å². The summed E-state index contributed by atoms with van der Waals surface area (Å²) in [6.45, 7) is 4.88. The number of amides is 1. The van der Waals surface area contributed by atoms with Crippen LogP contribution >= 0.6 is 0 Å². The molecular weight excluding hydrogens is 478 g/mol. The van der Waals surface area contributed by atoms with Gasteiger partial charge in [0, 0.05) is 31.9 Å². The molecule has 1 aliphatic heterocycles. The van der Waals surface area contributed by atoms with Gasteiger partial charge in [0.1, 0.15) is 29.2 Å². The van der Waals surface area contributed by atoms with Crippen LogP contribution in [0.2, 0.25) is 0 Å². The number of H-pyrrole nitrogens is 1. The molecular formula is C26H33N5O6. The number of nitrogens with one attached hydrogen (secondary N) is 1. The highest BCUT2D eigenvalue weighted by atomic mass is 16.5. The fourth-order valence-corrected chi connectivity index (χ4v) is 4.47. The van der Waals surface area contributed by atoms with Crippen molar-refractivity contribution in [3.8, 4) is 39.8 Å². The average molecular weight is 512 g/mol. The molecule has 1 aromatic carbocycles. The molecule has 0 saturated carbocycles. The van der Waals surface area contributed by atoms with Gasteiger partial charge in [-0.1, -0.05) is 19.4 Å². The lowest BCUT2D eigenvalue weighted by molar-refractivity contribution is -0.132. The van der Waals surface area contributed by atoms with E-state index in [4.69, 9.17) is 13.9 Å². The molecule has 0 aliphatic carbocycles. The van der Waals surface area contributed by atoms with Gasteiger partial charge in [0.25, 0.3) is 11.4 Å². The number of methoxy groups -OCH3 is 2. The second-order valence-electron chi connectivity index (χ2n) is 9.03. The van der Waals surface area contributed by atoms with Gasteiger partial charge >= 0.3 is 0 Å². The number of carbonyl (C=O) groups excluding carboxylic acids is 1. The van der Waals surface area contributed by atoms with Crippen LogP contribution in [0.1, 0.15) is 31.4 Å². The predicted molar refractivity (Wildman–Crippen MR) is 137 cm³/mol. The van der Waals surface area contributed by atoms with Crippen molar-refractivity contribution in [1.29, 1.82) is 0 Å². The van der Waals surface area contributed by atoms with Crippen LogP contribution in [0.25, 0.3) is 22.6 Å². The minimum atomic E-state index is -0.568. The molecule has 1 aliphatic rings. The first-order valence-corrected chi connectivity index (χ1v) is 12.4. The molecule has 0 bridgehead atoms. The number of piperazine rings is 1. The average Bonchev–Trinajstić information content (AvgIpc) is 3.35. The normalized spacial score (nSPS) is 14.1. The molecule has 0 atom stereocenters. The summed E-state index contributed by atoms with van der Waals surface area (Å²) >= 11 is 0. The van der Waals surface area contributed by atoms with E-state index in [1.807, 2.05) is 14.0 Å². The second kappa shape index (κ2) is 11.5. The Morgan fingerprint density at radius 3 is 2.38 bits per heavy atom. The molecule has 4 rings (SSSR count). The summed E-state index contributed by atoms with van der Waals surface area (Å²) in [5, 5.41) is 19.4. The van der Waals surface area contributed by atoms with Crippen LogP contribution in [-0.4, -0.2) is 83.4 Å². The number of nitrogens with zero attached hydrogens (tertiary/aromatic N) is 4. The third-order valence-corrected chi connectivity index (χ3v) is 6.56. The number of carbonyl (C=O) groups is 1. The summed E-state index contributed by atoms with van der Waals surface area (Å²) in [5.74, 6) is 0.388. The zero-order valence-electron chi connectivity index (χ0n) is 21.7. The number of hydrogen-bond donors (Lipinski definition) is 2. The standard InChI is InChI=1S/C26H33N5O6/c1-5-6-8-16-21(22-17(35-3)9-7-10-18(22)36-4)24(33)23(25(34)27-16)26-29-28-19(37-26)15-20(32)31-13-11-30(2)12-14-31/h7,9-10H,5-6,8,11-15H2,1-4H3,(H2,27,33,34). The van der Waals surface area contributed by atoms with E-state index in [1.165, 1.54) is 14.2 Å². The van der Waals surface area contributed by atoms with Gasteiger partial charge in [0.15, 0.2) is 0 Å². The number of benzene rings is 1. The zero-order chi connectivity index (χ0) is 26.5. The van der Waals surface area contributed by atoms with Crippen molar-refractivity contribution in [2.75, 3.05) is 47.4 Å². The van der Waals surface area contributed by atoms with E-state index < -0.39 is 5.56 Å². The number of pyridine rings is 1. The van der Waals surface area contributed by atoms with E-state index in [-0.39, 0.29) is 35.4 Å². The molecule has 11 heteroatoms. The van der Waals surface area contributed by atoms with Gasteiger partial charge in [0.2, 0.25) is 11.8 Å². The molecule has 1 saturated heterocycles. The number of aromatic amines is 1. The zero-order valence-corrected chi connectivity index (χ0v) is 21.7. The van der Waals surface area contributed by atoms with Crippen molar-refractivity contribution in [3.05, 3.63) is 40.1 Å². The Bertz CT molecular complexity index is 1290. The predicted octanol–water partition coefficient (Wildman–Crippen LogP) is 2.47. The van der Waals surface area contributed by atoms with Crippen LogP contribution in [0.15, 0.2) is 27.4 Å². The summed E-state index contributed by atoms with van der Waals surface area (Å²) in [5.41, 5.74) is 0.667. The number of ether oxygens (including phenoxy) is 2. The fourth-order valence-electron chi connectivity index (χ4n) is 4.47. The molecule has 3 heterocycles. The second-order valence-corrected chi connectivity index (χ2v) is 9.03. The smallest absolute Gasteiger partial charge is 0.264 e. The molecule has 198 valence electrons. The van der Waals surface area contributed by atoms with Crippen LogP contribution in [0, 0.1) is 0 Å². The molecule has 1 fully saturated rings. The first kappa shape index (κ1) is 26.2. The SMILES string of the molecule is CCCCc1[nH]c(=O)c(-c2nnc(CC(=O)N3CCN(C)CC3)o2)c(O)c1-c1c(OC)cccc1OC. The molecule has 0 radical (unpaired) electrons. The lowest BCUT2D eigenvalue weighted by atomic mass is 9.96. The van der Waals surface area contributed by atoms with Gasteiger partial charge in [0.05, 0.1) is 25.3 Å². The van der Waals surface area contributed by atoms with Gasteiger partial charge in [-0.25, -0.2) is 0 Å². The third-order valence-electron chi connectivity index (χ3n) is 6.56. The van der Waals surface area contributed by atoms with Crippen LogP contribution in [0.3, 0.4) is 0 Å². The monoisotopic (exact) mass is 511 g/mol. The quantitative estimate of drug-likeness (QED) is 0.444. The Morgan fingerprint density at radius 2 is 1.76 bits per heavy atom. The number of rotatable bonds is 9. The maximum absolute atomic E-state index is 13.1. The molecule has 2 aromatic heterocycles. The highest BCUT2D eigenvalue weighted by Gasteiger charge is 2.28. The Kier molecular flexibility index (Phi) is 8.12. The van der Waals surface area contributed by atoms with E-state index >= 15 is 0 Å². The van der Waals surface area contributed by atoms with E-state index in [1.54, 1.807) is 23.1 Å². The molecule has 1 amide bonds. The minimum absolute atomic E-state index is 0.0733. The highest BCUT2D eigenvalue weighted by Crippen LogP contribution is 2.46. The summed E-state index contributed by atoms with van der Waals surface area (Å²) in [6, 6.07) is 5.28. The van der Waals surface area contributed by atoms with Crippen molar-refractivity contribution in [2.45, 2.75) is 32.6 Å². The summed E-state index contributed by atoms with van der Waals surface area (Å²) in [4.78, 5) is 32.7. The summed E-state index contributed by atoms with van der Waals surface area (Å²) in [7, 11) is 5.06. The van der Waals surface area contributed by atoms with Crippen LogP contribution in [0.5, 0.6) is 17.2 Å². The Labute approximate surface area is 215 Å². The number of aromatic nitrogens is 3. The highest BCUT2D eigenvalue weighted by molar-refractivity contribution is 5.87. The Balaban J connectivity index is 1.75. The summed E-state index contributed by atoms with van der Waals surface area (Å²) < 4.78 is 16.8. The van der Waals surface area contributed by atoms with Crippen molar-refractivity contribution in [3.63, 3.8) is 0 Å². The molecule has 0 spiro atoms. The Hall–Kier alpha value is -3.86. The molecule has 11 nitrogen and oxygen atoms in total. The van der Waals surface area contributed by atoms with E-state index in [2.05, 4.69) is 20.1 Å². The van der Waals surface area contributed by atoms with Crippen molar-refractivity contribution in [1.82, 2.24) is 25.0 Å². The largest absolute Gasteiger partial charge is 0.506 e. The number of unbranched alkanes of at least 4 members (excludes halogenated alkanes) is 1. The maximum atomic E-state index is 13.1. The number of hydrogen-bond acceptors (Lipinski definition) is 9. The summed E-state index contributed by atoms with van der Waals surface area (Å²) in [6.07, 6.45) is 2.11. The first-order chi connectivity index (χ1) is 17.9. The fraction of sp³-hybridized carbons (Fsp3) is 0.462. The molecule has 0 unspecified atom stereocenters. The van der Waals surface area contributed by atoms with Crippen LogP contribution in [-0.2, 0) is 17.6 Å². The van der Waals surface area contributed by atoms with Crippen LogP contribution < -0.4 is 15.0 Å². The van der Waals surface area contributed by atoms with E-state index in [0.29, 0.717) is 47.8 Å². The van der Waals surface area contributed by atoms with E-state index in [0.717, 1.165) is 25.9 Å². The first-order valence-electron chi connectivity index (χ1n) is 12.4. The van der Waals surface area contributed by atoms with Gasteiger partial charge < -0.3 is 33.8 Å². The third kappa shape index (κ3) is 5.46. The lowest BCUT2D eigenvalue weighted by Crippen LogP contribution is -2.47. The minimum Gasteiger partial charge on any atom is -0.506 e. The lowest BCUT2D eigenvalue weighted by Gasteiger charge is -2.32. The van der Waals surface area contributed by atoms with Gasteiger partial charge in [-0.15, -0.1) is 10.2 Å². The van der Waals surface area contributed by atoms with Gasteiger partial charge in [-0.05, 0) is 32.0 Å². The van der Waals surface area contributed by atoms with E-state index in [9.17, 15) is 14.7 Å². The maximum Gasteiger partial charge on any atom is 0.264 e. The molecule has 37 heavy (non-hydrogen) atoms. The molecule has 2 N–H and O–H groups in total. The van der Waals surface area contributed by atoms with Gasteiger partial charge in [-0.3, -0.25) is 9.59 Å². The van der Waals surface area contributed by atoms with Crippen LogP contribution in [0.4, 0.5) is 0 Å². The number of aryl methyl sites for hydroxylation is 1. The molecule has 3 aromatic rings. The topological polar surface area (TPSA) is 134 Å².